The predicted molar refractivity (Wildman–Crippen MR) is 157 cm³/mol. The Balaban J connectivity index is 1.27. The summed E-state index contributed by atoms with van der Waals surface area (Å²) in [6.07, 6.45) is 3.75. The molecule has 2 aliphatic heterocycles. The van der Waals surface area contributed by atoms with Gasteiger partial charge < -0.3 is 24.3 Å². The van der Waals surface area contributed by atoms with Gasteiger partial charge in [0.05, 0.1) is 12.9 Å². The van der Waals surface area contributed by atoms with Crippen molar-refractivity contribution >= 4 is 46.7 Å². The standard InChI is InChI=1S/C28H39ClN6O3S/c1-4-5-6-7-26(36)35-17-16-34(19-21(35)2)25-18-24(29)30-28(31-25)39-20-27(37)33-14-12-32(13-15-33)22-8-10-23(38-3)11-9-22/h8-11,18,21H,4-7,12-17,19-20H2,1-3H3. The Morgan fingerprint density at radius 3 is 2.38 bits per heavy atom. The van der Waals surface area contributed by atoms with Crippen LogP contribution in [0.2, 0.25) is 5.15 Å². The number of aromatic nitrogens is 2. The van der Waals surface area contributed by atoms with E-state index in [2.05, 4.69) is 28.6 Å². The van der Waals surface area contributed by atoms with Gasteiger partial charge in [-0.05, 0) is 37.6 Å². The summed E-state index contributed by atoms with van der Waals surface area (Å²) in [5, 5.41) is 0.849. The lowest BCUT2D eigenvalue weighted by atomic mass is 10.1. The smallest absolute Gasteiger partial charge is 0.233 e. The van der Waals surface area contributed by atoms with Gasteiger partial charge in [0.15, 0.2) is 5.16 Å². The molecular weight excluding hydrogens is 536 g/mol. The molecule has 39 heavy (non-hydrogen) atoms. The topological polar surface area (TPSA) is 82.1 Å². The van der Waals surface area contributed by atoms with Crippen molar-refractivity contribution in [2.24, 2.45) is 0 Å². The summed E-state index contributed by atoms with van der Waals surface area (Å²) in [7, 11) is 1.66. The molecule has 2 aromatic rings. The molecule has 2 saturated heterocycles. The number of hydrogen-bond acceptors (Lipinski definition) is 8. The Kier molecular flexibility index (Phi) is 10.6. The molecule has 1 aromatic heterocycles. The van der Waals surface area contributed by atoms with Crippen molar-refractivity contribution in [3.8, 4) is 5.75 Å². The van der Waals surface area contributed by atoms with E-state index in [1.165, 1.54) is 11.8 Å². The molecule has 1 aromatic carbocycles. The van der Waals surface area contributed by atoms with Gasteiger partial charge in [-0.1, -0.05) is 43.1 Å². The molecule has 0 saturated carbocycles. The summed E-state index contributed by atoms with van der Waals surface area (Å²) in [4.78, 5) is 43.0. The van der Waals surface area contributed by atoms with Crippen LogP contribution in [0.5, 0.6) is 5.75 Å². The second-order valence-corrected chi connectivity index (χ2v) is 11.4. The lowest BCUT2D eigenvalue weighted by Gasteiger charge is -2.40. The zero-order chi connectivity index (χ0) is 27.8. The van der Waals surface area contributed by atoms with E-state index >= 15 is 0 Å². The van der Waals surface area contributed by atoms with E-state index in [9.17, 15) is 9.59 Å². The Bertz CT molecular complexity index is 1110. The molecular formula is C28H39ClN6O3S. The number of rotatable bonds is 10. The average Bonchev–Trinajstić information content (AvgIpc) is 2.95. The number of carbonyl (C=O) groups is 2. The summed E-state index contributed by atoms with van der Waals surface area (Å²) >= 11 is 7.67. The number of hydrogen-bond donors (Lipinski definition) is 0. The lowest BCUT2D eigenvalue weighted by Crippen LogP contribution is -2.54. The molecule has 0 N–H and O–H groups in total. The number of thioether (sulfide) groups is 1. The van der Waals surface area contributed by atoms with Gasteiger partial charge in [0.2, 0.25) is 11.8 Å². The van der Waals surface area contributed by atoms with E-state index in [0.29, 0.717) is 49.5 Å². The highest BCUT2D eigenvalue weighted by Crippen LogP contribution is 2.25. The lowest BCUT2D eigenvalue weighted by molar-refractivity contribution is -0.133. The molecule has 9 nitrogen and oxygen atoms in total. The Morgan fingerprint density at radius 1 is 1.00 bits per heavy atom. The van der Waals surface area contributed by atoms with Crippen LogP contribution in [0.4, 0.5) is 11.5 Å². The average molecular weight is 575 g/mol. The van der Waals surface area contributed by atoms with E-state index in [-0.39, 0.29) is 23.6 Å². The summed E-state index contributed by atoms with van der Waals surface area (Å²) in [6, 6.07) is 9.86. The third-order valence-corrected chi connectivity index (χ3v) is 8.35. The molecule has 0 aliphatic carbocycles. The van der Waals surface area contributed by atoms with Gasteiger partial charge in [-0.25, -0.2) is 9.97 Å². The summed E-state index contributed by atoms with van der Waals surface area (Å²) in [5.41, 5.74) is 1.13. The van der Waals surface area contributed by atoms with Crippen LogP contribution in [0, 0.1) is 0 Å². The number of piperazine rings is 2. The first-order valence-corrected chi connectivity index (χ1v) is 15.1. The fourth-order valence-corrected chi connectivity index (χ4v) is 6.03. The second kappa shape index (κ2) is 14.1. The van der Waals surface area contributed by atoms with E-state index in [1.807, 2.05) is 34.1 Å². The van der Waals surface area contributed by atoms with Crippen LogP contribution < -0.4 is 14.5 Å². The SMILES string of the molecule is CCCCCC(=O)N1CCN(c2cc(Cl)nc(SCC(=O)N3CCN(c4ccc(OC)cc4)CC3)n2)CC1C. The Labute approximate surface area is 240 Å². The fraction of sp³-hybridized carbons (Fsp3) is 0.571. The van der Waals surface area contributed by atoms with Crippen LogP contribution in [-0.4, -0.2) is 96.3 Å². The van der Waals surface area contributed by atoms with Crippen LogP contribution >= 0.6 is 23.4 Å². The van der Waals surface area contributed by atoms with Gasteiger partial charge in [-0.15, -0.1) is 0 Å². The number of ether oxygens (including phenoxy) is 1. The molecule has 11 heteroatoms. The first-order valence-electron chi connectivity index (χ1n) is 13.8. The minimum Gasteiger partial charge on any atom is -0.497 e. The molecule has 0 spiro atoms. The van der Waals surface area contributed by atoms with Gasteiger partial charge in [-0.3, -0.25) is 9.59 Å². The molecule has 1 unspecified atom stereocenters. The van der Waals surface area contributed by atoms with Gasteiger partial charge >= 0.3 is 0 Å². The number of benzene rings is 1. The van der Waals surface area contributed by atoms with E-state index < -0.39 is 0 Å². The Hall–Kier alpha value is -2.72. The van der Waals surface area contributed by atoms with Crippen molar-refractivity contribution in [1.29, 1.82) is 0 Å². The number of amides is 2. The minimum absolute atomic E-state index is 0.0725. The van der Waals surface area contributed by atoms with Gasteiger partial charge in [0.1, 0.15) is 16.7 Å². The normalized spacial score (nSPS) is 17.9. The largest absolute Gasteiger partial charge is 0.497 e. The third kappa shape index (κ3) is 7.91. The zero-order valence-corrected chi connectivity index (χ0v) is 24.7. The predicted octanol–water partition coefficient (Wildman–Crippen LogP) is 4.20. The van der Waals surface area contributed by atoms with Crippen LogP contribution in [0.25, 0.3) is 0 Å². The van der Waals surface area contributed by atoms with Crippen molar-refractivity contribution < 1.29 is 14.3 Å². The van der Waals surface area contributed by atoms with Gasteiger partial charge in [-0.2, -0.15) is 0 Å². The van der Waals surface area contributed by atoms with Crippen molar-refractivity contribution in [1.82, 2.24) is 19.8 Å². The molecule has 0 radical (unpaired) electrons. The third-order valence-electron chi connectivity index (χ3n) is 7.32. The number of halogens is 1. The highest BCUT2D eigenvalue weighted by molar-refractivity contribution is 7.99. The monoisotopic (exact) mass is 574 g/mol. The Morgan fingerprint density at radius 2 is 1.72 bits per heavy atom. The van der Waals surface area contributed by atoms with Crippen LogP contribution in [0.3, 0.4) is 0 Å². The molecule has 2 amide bonds. The van der Waals surface area contributed by atoms with E-state index in [4.69, 9.17) is 21.3 Å². The molecule has 0 bridgehead atoms. The van der Waals surface area contributed by atoms with Crippen molar-refractivity contribution in [2.45, 2.75) is 50.7 Å². The maximum atomic E-state index is 12.9. The second-order valence-electron chi connectivity index (χ2n) is 10.0. The van der Waals surface area contributed by atoms with Gasteiger partial charge in [0.25, 0.3) is 0 Å². The quantitative estimate of drug-likeness (QED) is 0.181. The maximum absolute atomic E-state index is 12.9. The van der Waals surface area contributed by atoms with E-state index in [1.54, 1.807) is 13.2 Å². The zero-order valence-electron chi connectivity index (χ0n) is 23.1. The number of nitrogens with zero attached hydrogens (tertiary/aromatic N) is 6. The molecule has 212 valence electrons. The minimum atomic E-state index is 0.0725. The summed E-state index contributed by atoms with van der Waals surface area (Å²) in [5.74, 6) is 2.14. The number of unbranched alkanes of at least 4 members (excludes halogenated alkanes) is 2. The van der Waals surface area contributed by atoms with Crippen LogP contribution in [0.1, 0.15) is 39.5 Å². The maximum Gasteiger partial charge on any atom is 0.233 e. The first-order chi connectivity index (χ1) is 18.9. The summed E-state index contributed by atoms with van der Waals surface area (Å²) < 4.78 is 5.24. The summed E-state index contributed by atoms with van der Waals surface area (Å²) in [6.45, 7) is 9.18. The highest BCUT2D eigenvalue weighted by Gasteiger charge is 2.28. The molecule has 2 aliphatic rings. The van der Waals surface area contributed by atoms with Crippen molar-refractivity contribution in [2.75, 3.05) is 68.5 Å². The highest BCUT2D eigenvalue weighted by atomic mass is 35.5. The number of anilines is 2. The van der Waals surface area contributed by atoms with Crippen LogP contribution in [-0.2, 0) is 9.59 Å². The number of carbonyl (C=O) groups excluding carboxylic acids is 2. The fourth-order valence-electron chi connectivity index (χ4n) is 5.04. The molecule has 2 fully saturated rings. The molecule has 4 rings (SSSR count). The first kappa shape index (κ1) is 29.3. The molecule has 3 heterocycles. The van der Waals surface area contributed by atoms with Crippen LogP contribution in [0.15, 0.2) is 35.5 Å². The molecule has 1 atom stereocenters. The van der Waals surface area contributed by atoms with Gasteiger partial charge in [0, 0.05) is 70.0 Å². The van der Waals surface area contributed by atoms with Crippen molar-refractivity contribution in [3.63, 3.8) is 0 Å². The van der Waals surface area contributed by atoms with E-state index in [0.717, 1.165) is 49.6 Å². The van der Waals surface area contributed by atoms with Crippen molar-refractivity contribution in [3.05, 3.63) is 35.5 Å². The number of methoxy groups -OCH3 is 1.